The van der Waals surface area contributed by atoms with Gasteiger partial charge in [0.1, 0.15) is 12.1 Å². The smallest absolute Gasteiger partial charge is 0.323 e. The van der Waals surface area contributed by atoms with Crippen LogP contribution in [0, 0.1) is 6.92 Å². The van der Waals surface area contributed by atoms with Gasteiger partial charge in [0, 0.05) is 29.6 Å². The quantitative estimate of drug-likeness (QED) is 0.592. The Balaban J connectivity index is 1.19. The molecule has 0 bridgehead atoms. The van der Waals surface area contributed by atoms with E-state index in [9.17, 15) is 14.4 Å². The molecule has 0 saturated carbocycles. The molecule has 3 aliphatic rings. The molecule has 1 saturated heterocycles. The minimum Gasteiger partial charge on any atom is -0.323 e. The third kappa shape index (κ3) is 3.32. The second-order valence-corrected chi connectivity index (χ2v) is 10.3. The minimum absolute atomic E-state index is 0.243. The molecule has 0 radical (unpaired) electrons. The number of carbonyl (C=O) groups excluding carboxylic acids is 3. The fourth-order valence-corrected chi connectivity index (χ4v) is 6.00. The van der Waals surface area contributed by atoms with Crippen LogP contribution in [0.2, 0.25) is 0 Å². The lowest BCUT2D eigenvalue weighted by atomic mass is 9.78. The highest BCUT2D eigenvalue weighted by Gasteiger charge is 2.53. The van der Waals surface area contributed by atoms with Gasteiger partial charge in [-0.1, -0.05) is 30.3 Å². The predicted octanol–water partition coefficient (Wildman–Crippen LogP) is 3.49. The SMILES string of the molecule is Cc1nc(-c2ccc3c(c2)CCN3C(=O)CN2C(=O)NC3(CCc4ccccc4C3)C2=O)cs1. The van der Waals surface area contributed by atoms with E-state index in [0.717, 1.165) is 50.8 Å². The first kappa shape index (κ1) is 21.0. The van der Waals surface area contributed by atoms with Crippen molar-refractivity contribution in [2.45, 2.75) is 38.1 Å². The molecule has 1 spiro atoms. The van der Waals surface area contributed by atoms with Gasteiger partial charge in [-0.15, -0.1) is 11.3 Å². The van der Waals surface area contributed by atoms with Gasteiger partial charge in [0.25, 0.3) is 5.91 Å². The van der Waals surface area contributed by atoms with Gasteiger partial charge >= 0.3 is 6.03 Å². The molecule has 2 aromatic carbocycles. The monoisotopic (exact) mass is 472 g/mol. The zero-order valence-corrected chi connectivity index (χ0v) is 19.7. The van der Waals surface area contributed by atoms with Gasteiger partial charge in [0.15, 0.2) is 0 Å². The van der Waals surface area contributed by atoms with Gasteiger partial charge in [-0.05, 0) is 55.0 Å². The van der Waals surface area contributed by atoms with Crippen molar-refractivity contribution in [2.75, 3.05) is 18.0 Å². The minimum atomic E-state index is -0.949. The molecule has 34 heavy (non-hydrogen) atoms. The Kier molecular flexibility index (Phi) is 4.81. The topological polar surface area (TPSA) is 82.6 Å². The van der Waals surface area contributed by atoms with Crippen LogP contribution in [0.15, 0.2) is 47.8 Å². The van der Waals surface area contributed by atoms with E-state index in [-0.39, 0.29) is 18.4 Å². The number of hydrogen-bond donors (Lipinski definition) is 1. The molecule has 1 unspecified atom stereocenters. The Morgan fingerprint density at radius 3 is 2.74 bits per heavy atom. The lowest BCUT2D eigenvalue weighted by Crippen LogP contribution is -2.51. The number of rotatable bonds is 3. The molecule has 8 heteroatoms. The summed E-state index contributed by atoms with van der Waals surface area (Å²) in [5.41, 5.74) is 5.23. The van der Waals surface area contributed by atoms with Crippen molar-refractivity contribution < 1.29 is 14.4 Å². The first-order valence-electron chi connectivity index (χ1n) is 11.5. The number of nitrogens with zero attached hydrogens (tertiary/aromatic N) is 3. The summed E-state index contributed by atoms with van der Waals surface area (Å²) in [5.74, 6) is -0.540. The van der Waals surface area contributed by atoms with Crippen LogP contribution in [0.5, 0.6) is 0 Å². The molecule has 1 fully saturated rings. The summed E-state index contributed by atoms with van der Waals surface area (Å²) in [6, 6.07) is 13.5. The number of imide groups is 1. The lowest BCUT2D eigenvalue weighted by molar-refractivity contribution is -0.134. The molecule has 1 aliphatic carbocycles. The van der Waals surface area contributed by atoms with E-state index >= 15 is 0 Å². The summed E-state index contributed by atoms with van der Waals surface area (Å²) in [4.78, 5) is 46.7. The van der Waals surface area contributed by atoms with Crippen LogP contribution in [0.4, 0.5) is 10.5 Å². The molecule has 2 aliphatic heterocycles. The van der Waals surface area contributed by atoms with Crippen LogP contribution in [-0.2, 0) is 28.9 Å². The summed E-state index contributed by atoms with van der Waals surface area (Å²) < 4.78 is 0. The number of hydrogen-bond acceptors (Lipinski definition) is 5. The van der Waals surface area contributed by atoms with E-state index in [1.807, 2.05) is 42.6 Å². The number of fused-ring (bicyclic) bond motifs is 2. The van der Waals surface area contributed by atoms with Crippen LogP contribution < -0.4 is 10.2 Å². The van der Waals surface area contributed by atoms with E-state index in [1.54, 1.807) is 16.2 Å². The normalized spacial score (nSPS) is 21.1. The van der Waals surface area contributed by atoms with Crippen molar-refractivity contribution in [3.63, 3.8) is 0 Å². The van der Waals surface area contributed by atoms with Gasteiger partial charge in [0.05, 0.1) is 10.7 Å². The van der Waals surface area contributed by atoms with Crippen LogP contribution in [0.3, 0.4) is 0 Å². The second kappa shape index (κ2) is 7.77. The molecule has 1 aromatic heterocycles. The van der Waals surface area contributed by atoms with Crippen molar-refractivity contribution in [1.82, 2.24) is 15.2 Å². The van der Waals surface area contributed by atoms with Gasteiger partial charge in [-0.2, -0.15) is 0 Å². The number of thiazole rings is 1. The maximum Gasteiger partial charge on any atom is 0.325 e. The number of anilines is 1. The number of amides is 4. The average Bonchev–Trinajstić information content (AvgIpc) is 3.52. The highest BCUT2D eigenvalue weighted by molar-refractivity contribution is 7.09. The van der Waals surface area contributed by atoms with E-state index in [1.165, 1.54) is 5.56 Å². The first-order chi connectivity index (χ1) is 16.4. The highest BCUT2D eigenvalue weighted by atomic mass is 32.1. The summed E-state index contributed by atoms with van der Waals surface area (Å²) >= 11 is 1.61. The molecule has 3 aromatic rings. The maximum absolute atomic E-state index is 13.4. The Hall–Kier alpha value is -3.52. The summed E-state index contributed by atoms with van der Waals surface area (Å²) in [6.45, 7) is 2.27. The third-order valence-corrected chi connectivity index (χ3v) is 7.94. The van der Waals surface area contributed by atoms with Gasteiger partial charge in [0.2, 0.25) is 5.91 Å². The number of aromatic nitrogens is 1. The zero-order chi connectivity index (χ0) is 23.4. The molecular weight excluding hydrogens is 448 g/mol. The molecule has 1 atom stereocenters. The Morgan fingerprint density at radius 1 is 1.12 bits per heavy atom. The molecule has 172 valence electrons. The third-order valence-electron chi connectivity index (χ3n) is 7.16. The van der Waals surface area contributed by atoms with Crippen molar-refractivity contribution in [3.05, 3.63) is 69.5 Å². The second-order valence-electron chi connectivity index (χ2n) is 9.24. The summed E-state index contributed by atoms with van der Waals surface area (Å²) in [6.07, 6.45) is 2.47. The van der Waals surface area contributed by atoms with E-state index in [0.29, 0.717) is 19.4 Å². The number of benzene rings is 2. The Labute approximate surface area is 201 Å². The van der Waals surface area contributed by atoms with Crippen molar-refractivity contribution in [3.8, 4) is 11.3 Å². The zero-order valence-electron chi connectivity index (χ0n) is 18.8. The Bertz CT molecular complexity index is 1350. The molecule has 4 amide bonds. The van der Waals surface area contributed by atoms with Gasteiger partial charge in [-0.25, -0.2) is 9.78 Å². The van der Waals surface area contributed by atoms with Crippen LogP contribution in [0.1, 0.15) is 28.1 Å². The summed E-state index contributed by atoms with van der Waals surface area (Å²) in [7, 11) is 0. The van der Waals surface area contributed by atoms with Crippen molar-refractivity contribution >= 4 is 34.9 Å². The average molecular weight is 473 g/mol. The number of aryl methyl sites for hydroxylation is 2. The molecule has 1 N–H and O–H groups in total. The van der Waals surface area contributed by atoms with E-state index < -0.39 is 11.6 Å². The number of urea groups is 1. The number of nitrogens with one attached hydrogen (secondary N) is 1. The van der Waals surface area contributed by atoms with E-state index in [4.69, 9.17) is 0 Å². The standard InChI is InChI=1S/C26H24N4O3S/c1-16-27-21(15-34-16)18-6-7-22-19(12-18)9-11-29(22)23(31)14-30-24(32)26(28-25(30)33)10-8-17-4-2-3-5-20(17)13-26/h2-7,12,15H,8-11,13-14H2,1H3,(H,28,33). The largest absolute Gasteiger partial charge is 0.325 e. The fraction of sp³-hybridized carbons (Fsp3) is 0.308. The summed E-state index contributed by atoms with van der Waals surface area (Å²) in [5, 5.41) is 5.96. The fourth-order valence-electron chi connectivity index (χ4n) is 5.38. The molecule has 7 nitrogen and oxygen atoms in total. The molecule has 6 rings (SSSR count). The van der Waals surface area contributed by atoms with E-state index in [2.05, 4.69) is 22.4 Å². The maximum atomic E-state index is 13.4. The highest BCUT2D eigenvalue weighted by Crippen LogP contribution is 2.35. The van der Waals surface area contributed by atoms with Gasteiger partial charge < -0.3 is 10.2 Å². The Morgan fingerprint density at radius 2 is 1.94 bits per heavy atom. The first-order valence-corrected chi connectivity index (χ1v) is 12.4. The van der Waals surface area contributed by atoms with Crippen molar-refractivity contribution in [1.29, 1.82) is 0 Å². The van der Waals surface area contributed by atoms with Gasteiger partial charge in [-0.3, -0.25) is 14.5 Å². The van der Waals surface area contributed by atoms with Crippen LogP contribution in [-0.4, -0.2) is 46.4 Å². The van der Waals surface area contributed by atoms with Crippen LogP contribution in [0.25, 0.3) is 11.3 Å². The predicted molar refractivity (Wildman–Crippen MR) is 130 cm³/mol. The number of carbonyl (C=O) groups is 3. The van der Waals surface area contributed by atoms with Crippen LogP contribution >= 0.6 is 11.3 Å². The molecular formula is C26H24N4O3S. The van der Waals surface area contributed by atoms with Crippen molar-refractivity contribution in [2.24, 2.45) is 0 Å². The molecule has 3 heterocycles. The lowest BCUT2D eigenvalue weighted by Gasteiger charge is -2.32.